The Hall–Kier alpha value is -2.23. The first kappa shape index (κ1) is 15.1. The van der Waals surface area contributed by atoms with Gasteiger partial charge in [0.1, 0.15) is 28.9 Å². The Morgan fingerprint density at radius 3 is 2.92 bits per heavy atom. The highest BCUT2D eigenvalue weighted by Crippen LogP contribution is 2.64. The first-order valence-electron chi connectivity index (χ1n) is 8.69. The monoisotopic (exact) mass is 345 g/mol. The smallest absolute Gasteiger partial charge is 0.262 e. The van der Waals surface area contributed by atoms with E-state index in [4.69, 9.17) is 4.74 Å². The van der Waals surface area contributed by atoms with Gasteiger partial charge in [0.05, 0.1) is 12.6 Å². The molecule has 7 heteroatoms. The number of ether oxygens (including phenoxy) is 1. The highest BCUT2D eigenvalue weighted by molar-refractivity contribution is 5.86. The van der Waals surface area contributed by atoms with Crippen molar-refractivity contribution in [2.45, 2.75) is 50.2 Å². The summed E-state index contributed by atoms with van der Waals surface area (Å²) in [6.07, 6.45) is 4.43. The predicted molar refractivity (Wildman–Crippen MR) is 81.8 cm³/mol. The average Bonchev–Trinajstić information content (AvgIpc) is 3.23. The van der Waals surface area contributed by atoms with Gasteiger partial charge in [0.15, 0.2) is 0 Å². The van der Waals surface area contributed by atoms with Gasteiger partial charge in [0.25, 0.3) is 5.92 Å². The number of alkyl halides is 2. The molecule has 3 fully saturated rings. The minimum absolute atomic E-state index is 0.0451. The predicted octanol–water partition coefficient (Wildman–Crippen LogP) is 2.81. The van der Waals surface area contributed by atoms with Gasteiger partial charge in [0.2, 0.25) is 5.91 Å². The van der Waals surface area contributed by atoms with Crippen LogP contribution in [0.3, 0.4) is 0 Å². The van der Waals surface area contributed by atoms with Crippen molar-refractivity contribution in [3.63, 3.8) is 0 Å². The topological polar surface area (TPSA) is 66.2 Å². The van der Waals surface area contributed by atoms with Crippen LogP contribution in [0.5, 0.6) is 5.75 Å². The van der Waals surface area contributed by atoms with Crippen LogP contribution in [0.4, 0.5) is 8.78 Å². The summed E-state index contributed by atoms with van der Waals surface area (Å²) < 4.78 is 35.1. The molecule has 0 aromatic carbocycles. The number of nitriles is 1. The van der Waals surface area contributed by atoms with Crippen molar-refractivity contribution >= 4 is 5.91 Å². The Balaban J connectivity index is 1.54. The van der Waals surface area contributed by atoms with E-state index in [1.54, 1.807) is 11.1 Å². The van der Waals surface area contributed by atoms with Crippen molar-refractivity contribution in [2.24, 2.45) is 11.3 Å². The molecule has 3 heterocycles. The third kappa shape index (κ3) is 1.80. The fraction of sp³-hybridized carbons (Fsp3) is 0.611. The summed E-state index contributed by atoms with van der Waals surface area (Å²) in [5.74, 6) is -2.96. The van der Waals surface area contributed by atoms with Gasteiger partial charge < -0.3 is 9.64 Å². The van der Waals surface area contributed by atoms with E-state index >= 15 is 0 Å². The molecule has 0 radical (unpaired) electrons. The first-order chi connectivity index (χ1) is 11.9. The van der Waals surface area contributed by atoms with Crippen LogP contribution in [0.2, 0.25) is 0 Å². The third-order valence-corrected chi connectivity index (χ3v) is 6.48. The van der Waals surface area contributed by atoms with Crippen LogP contribution < -0.4 is 4.74 Å². The molecule has 4 aliphatic rings. The molecule has 0 N–H and O–H groups in total. The SMILES string of the molecule is N#Cc1cncc2c1O[C@H]1C[C@@H]2N(C(=O)C23CCC(CC2(F)F)C3)C1. The Bertz CT molecular complexity index is 821. The lowest BCUT2D eigenvalue weighted by atomic mass is 9.79. The van der Waals surface area contributed by atoms with Crippen molar-refractivity contribution in [3.8, 4) is 11.8 Å². The lowest BCUT2D eigenvalue weighted by Gasteiger charge is -2.38. The fourth-order valence-corrected chi connectivity index (χ4v) is 5.32. The number of carbonyl (C=O) groups is 1. The van der Waals surface area contributed by atoms with Gasteiger partial charge in [-0.2, -0.15) is 5.26 Å². The Morgan fingerprint density at radius 2 is 2.24 bits per heavy atom. The number of amides is 1. The minimum Gasteiger partial charge on any atom is -0.487 e. The second-order valence-electron chi connectivity index (χ2n) is 7.77. The van der Waals surface area contributed by atoms with Crippen LogP contribution in [0.1, 0.15) is 49.3 Å². The lowest BCUT2D eigenvalue weighted by Crippen LogP contribution is -2.50. The van der Waals surface area contributed by atoms with E-state index in [1.807, 2.05) is 0 Å². The maximum absolute atomic E-state index is 14.6. The largest absolute Gasteiger partial charge is 0.487 e. The Morgan fingerprint density at radius 1 is 1.40 bits per heavy atom. The molecule has 2 aliphatic heterocycles. The molecule has 130 valence electrons. The maximum Gasteiger partial charge on any atom is 0.262 e. The van der Waals surface area contributed by atoms with Gasteiger partial charge in [0, 0.05) is 30.8 Å². The zero-order chi connectivity index (χ0) is 17.4. The highest BCUT2D eigenvalue weighted by atomic mass is 19.3. The second-order valence-corrected chi connectivity index (χ2v) is 7.77. The third-order valence-electron chi connectivity index (χ3n) is 6.48. The molecule has 5 nitrogen and oxygen atoms in total. The van der Waals surface area contributed by atoms with Crippen molar-refractivity contribution in [2.75, 3.05) is 6.54 Å². The molecule has 4 atom stereocenters. The Labute approximate surface area is 143 Å². The molecule has 1 aromatic heterocycles. The van der Waals surface area contributed by atoms with Crippen LogP contribution >= 0.6 is 0 Å². The van der Waals surface area contributed by atoms with E-state index in [-0.39, 0.29) is 37.3 Å². The minimum atomic E-state index is -2.93. The van der Waals surface area contributed by atoms with Crippen LogP contribution in [-0.4, -0.2) is 34.4 Å². The van der Waals surface area contributed by atoms with Gasteiger partial charge in [-0.15, -0.1) is 0 Å². The average molecular weight is 345 g/mol. The number of pyridine rings is 1. The quantitative estimate of drug-likeness (QED) is 0.785. The molecular weight excluding hydrogens is 328 g/mol. The summed E-state index contributed by atoms with van der Waals surface area (Å²) in [7, 11) is 0. The van der Waals surface area contributed by atoms with E-state index in [1.165, 1.54) is 6.20 Å². The number of nitrogens with zero attached hydrogens (tertiary/aromatic N) is 3. The molecule has 5 rings (SSSR count). The summed E-state index contributed by atoms with van der Waals surface area (Å²) in [6, 6.07) is 1.72. The number of halogens is 2. The standard InChI is InChI=1S/C18H17F2N3O2/c19-18(20)5-10-1-2-17(18,4-10)16(24)23-9-12-3-14(23)13-8-22-7-11(6-21)15(13)25-12/h7-8,10,12,14H,1-5,9H2/t10?,12-,14-,17?/m0/s1. The molecule has 25 heavy (non-hydrogen) atoms. The fourth-order valence-electron chi connectivity index (χ4n) is 5.32. The summed E-state index contributed by atoms with van der Waals surface area (Å²) in [4.78, 5) is 18.9. The zero-order valence-corrected chi connectivity index (χ0v) is 13.5. The number of hydrogen-bond acceptors (Lipinski definition) is 4. The highest BCUT2D eigenvalue weighted by Gasteiger charge is 2.69. The van der Waals surface area contributed by atoms with Crippen LogP contribution in [0.25, 0.3) is 0 Å². The summed E-state index contributed by atoms with van der Waals surface area (Å²) in [6.45, 7) is 0.297. The lowest BCUT2D eigenvalue weighted by molar-refractivity contribution is -0.168. The number of aromatic nitrogens is 1. The van der Waals surface area contributed by atoms with E-state index in [9.17, 15) is 18.8 Å². The first-order valence-corrected chi connectivity index (χ1v) is 8.69. The van der Waals surface area contributed by atoms with Crippen LogP contribution in [0.15, 0.2) is 12.4 Å². The van der Waals surface area contributed by atoms with Crippen molar-refractivity contribution < 1.29 is 18.3 Å². The van der Waals surface area contributed by atoms with Gasteiger partial charge in [-0.05, 0) is 25.2 Å². The van der Waals surface area contributed by atoms with E-state index in [2.05, 4.69) is 11.1 Å². The molecular formula is C18H17F2N3O2. The molecule has 2 unspecified atom stereocenters. The van der Waals surface area contributed by atoms with Crippen molar-refractivity contribution in [3.05, 3.63) is 23.5 Å². The molecule has 1 saturated heterocycles. The number of carbonyl (C=O) groups excluding carboxylic acids is 1. The number of likely N-dealkylation sites (tertiary alicyclic amines) is 1. The van der Waals surface area contributed by atoms with Crippen molar-refractivity contribution in [1.29, 1.82) is 5.26 Å². The van der Waals surface area contributed by atoms with E-state index < -0.39 is 17.2 Å². The summed E-state index contributed by atoms with van der Waals surface area (Å²) in [5, 5.41) is 9.24. The van der Waals surface area contributed by atoms with Crippen LogP contribution in [-0.2, 0) is 4.79 Å². The summed E-state index contributed by atoms with van der Waals surface area (Å²) >= 11 is 0. The normalized spacial score (nSPS) is 36.7. The number of rotatable bonds is 1. The molecule has 1 amide bonds. The van der Waals surface area contributed by atoms with Gasteiger partial charge in [-0.25, -0.2) is 8.78 Å². The van der Waals surface area contributed by atoms with Gasteiger partial charge in [-0.1, -0.05) is 0 Å². The number of hydrogen-bond donors (Lipinski definition) is 0. The van der Waals surface area contributed by atoms with E-state index in [0.717, 1.165) is 0 Å². The zero-order valence-electron chi connectivity index (χ0n) is 13.5. The maximum atomic E-state index is 14.6. The molecule has 2 saturated carbocycles. The molecule has 2 aliphatic carbocycles. The Kier molecular flexibility index (Phi) is 2.82. The second kappa shape index (κ2) is 4.69. The van der Waals surface area contributed by atoms with E-state index in [0.29, 0.717) is 36.3 Å². The van der Waals surface area contributed by atoms with Crippen molar-refractivity contribution in [1.82, 2.24) is 9.88 Å². The molecule has 0 spiro atoms. The summed E-state index contributed by atoms with van der Waals surface area (Å²) in [5.41, 5.74) is -0.560. The van der Waals surface area contributed by atoms with Gasteiger partial charge in [-0.3, -0.25) is 9.78 Å². The van der Waals surface area contributed by atoms with Crippen LogP contribution in [0, 0.1) is 22.7 Å². The molecule has 1 aromatic rings. The van der Waals surface area contributed by atoms with Gasteiger partial charge >= 0.3 is 0 Å². The molecule has 4 bridgehead atoms. The number of fused-ring (bicyclic) bond motifs is 6.